The Bertz CT molecular complexity index is 1350. The molecular formula is C56H88O6. The molecule has 6 nitrogen and oxygen atoms in total. The van der Waals surface area contributed by atoms with Gasteiger partial charge in [0.2, 0.25) is 0 Å². The number of unbranched alkanes of at least 4 members (excludes halogenated alkanes) is 14. The van der Waals surface area contributed by atoms with Gasteiger partial charge in [0.15, 0.2) is 6.10 Å². The number of hydrogen-bond acceptors (Lipinski definition) is 6. The van der Waals surface area contributed by atoms with Crippen LogP contribution in [-0.2, 0) is 28.6 Å². The standard InChI is InChI=1S/C56H88O6/c1-4-7-10-13-16-19-22-25-27-29-31-34-37-40-43-46-49-55(58)61-52-53(51-60-54(57)48-45-42-39-36-33-30-24-21-18-15-12-9-6-3)62-56(59)50-47-44-41-38-35-32-28-26-23-20-17-14-11-8-5-2/h7,9-10,12,15-16,18-21,23-25,27,30-31,33-34,40,43,53H,4-6,8,11,13-14,17,22,26,28-29,32,35-39,41-42,44-52H2,1-3H3/b10-7-,12-9-,18-15-,19-16-,23-20-,24-21-,27-25-,33-30-,34-31-,43-40-. The van der Waals surface area contributed by atoms with Crippen LogP contribution >= 0.6 is 0 Å². The Morgan fingerprint density at radius 3 is 1.29 bits per heavy atom. The molecule has 0 spiro atoms. The molecule has 6 heteroatoms. The lowest BCUT2D eigenvalue weighted by Crippen LogP contribution is -2.30. The van der Waals surface area contributed by atoms with Crippen molar-refractivity contribution in [1.29, 1.82) is 0 Å². The monoisotopic (exact) mass is 857 g/mol. The minimum absolute atomic E-state index is 0.127. The summed E-state index contributed by atoms with van der Waals surface area (Å²) in [6.07, 6.45) is 67.6. The Morgan fingerprint density at radius 1 is 0.355 bits per heavy atom. The summed E-state index contributed by atoms with van der Waals surface area (Å²) in [6.45, 7) is 6.24. The van der Waals surface area contributed by atoms with Gasteiger partial charge in [-0.25, -0.2) is 0 Å². The van der Waals surface area contributed by atoms with Crippen molar-refractivity contribution in [1.82, 2.24) is 0 Å². The molecule has 0 N–H and O–H groups in total. The van der Waals surface area contributed by atoms with Crippen molar-refractivity contribution in [2.45, 2.75) is 200 Å². The predicted octanol–water partition coefficient (Wildman–Crippen LogP) is 16.1. The van der Waals surface area contributed by atoms with E-state index in [2.05, 4.69) is 93.7 Å². The van der Waals surface area contributed by atoms with Crippen LogP contribution in [0.2, 0.25) is 0 Å². The highest BCUT2D eigenvalue weighted by Crippen LogP contribution is 2.13. The van der Waals surface area contributed by atoms with Crippen molar-refractivity contribution >= 4 is 17.9 Å². The number of carbonyl (C=O) groups is 3. The third-order valence-corrected chi connectivity index (χ3v) is 9.79. The van der Waals surface area contributed by atoms with E-state index in [1.807, 2.05) is 48.6 Å². The zero-order valence-electron chi connectivity index (χ0n) is 39.6. The van der Waals surface area contributed by atoms with Crippen LogP contribution in [0.4, 0.5) is 0 Å². The van der Waals surface area contributed by atoms with E-state index in [9.17, 15) is 14.4 Å². The van der Waals surface area contributed by atoms with Crippen LogP contribution in [0.5, 0.6) is 0 Å². The Kier molecular flexibility index (Phi) is 46.1. The lowest BCUT2D eigenvalue weighted by atomic mass is 10.1. The fourth-order valence-corrected chi connectivity index (χ4v) is 6.14. The minimum Gasteiger partial charge on any atom is -0.462 e. The van der Waals surface area contributed by atoms with E-state index < -0.39 is 6.10 Å². The summed E-state index contributed by atoms with van der Waals surface area (Å²) >= 11 is 0. The van der Waals surface area contributed by atoms with Gasteiger partial charge in [-0.2, -0.15) is 0 Å². The molecule has 0 radical (unpaired) electrons. The van der Waals surface area contributed by atoms with Crippen molar-refractivity contribution in [3.8, 4) is 0 Å². The van der Waals surface area contributed by atoms with Crippen LogP contribution in [0.25, 0.3) is 0 Å². The molecule has 0 bridgehead atoms. The first-order chi connectivity index (χ1) is 30.5. The number of rotatable bonds is 42. The van der Waals surface area contributed by atoms with Crippen LogP contribution < -0.4 is 0 Å². The summed E-state index contributed by atoms with van der Waals surface area (Å²) in [4.78, 5) is 37.9. The number of hydrogen-bond donors (Lipinski definition) is 0. The van der Waals surface area contributed by atoms with Crippen LogP contribution in [-0.4, -0.2) is 37.2 Å². The van der Waals surface area contributed by atoms with E-state index in [1.165, 1.54) is 64.2 Å². The Hall–Kier alpha value is -4.19. The summed E-state index contributed by atoms with van der Waals surface area (Å²) in [5.74, 6) is -1.06. The predicted molar refractivity (Wildman–Crippen MR) is 265 cm³/mol. The minimum atomic E-state index is -0.829. The highest BCUT2D eigenvalue weighted by molar-refractivity contribution is 5.71. The van der Waals surface area contributed by atoms with Crippen molar-refractivity contribution in [3.63, 3.8) is 0 Å². The molecule has 0 aromatic carbocycles. The zero-order valence-corrected chi connectivity index (χ0v) is 39.6. The van der Waals surface area contributed by atoms with E-state index >= 15 is 0 Å². The van der Waals surface area contributed by atoms with Crippen LogP contribution in [0.15, 0.2) is 122 Å². The van der Waals surface area contributed by atoms with Crippen LogP contribution in [0, 0.1) is 0 Å². The molecule has 0 fully saturated rings. The molecule has 348 valence electrons. The van der Waals surface area contributed by atoms with E-state index in [1.54, 1.807) is 0 Å². The van der Waals surface area contributed by atoms with E-state index in [-0.39, 0.29) is 37.5 Å². The molecule has 0 aromatic rings. The smallest absolute Gasteiger partial charge is 0.306 e. The molecule has 0 aliphatic rings. The SMILES string of the molecule is CC\C=C/C=C\C=C/C=C\CCCCCC(=O)OCC(COC(=O)CC/C=C\C/C=C\C/C=C\C/C=C\C/C=C\CC)OC(=O)CCCCCCCCC/C=C\CCCCCC. The maximum atomic E-state index is 12.8. The van der Waals surface area contributed by atoms with Crippen molar-refractivity contribution < 1.29 is 28.6 Å². The first-order valence-electron chi connectivity index (χ1n) is 24.6. The summed E-state index contributed by atoms with van der Waals surface area (Å²) in [6, 6.07) is 0. The molecule has 0 amide bonds. The fourth-order valence-electron chi connectivity index (χ4n) is 6.14. The molecule has 1 unspecified atom stereocenters. The number of ether oxygens (including phenoxy) is 3. The van der Waals surface area contributed by atoms with Crippen LogP contribution in [0.1, 0.15) is 194 Å². The maximum Gasteiger partial charge on any atom is 0.306 e. The van der Waals surface area contributed by atoms with Gasteiger partial charge < -0.3 is 14.2 Å². The summed E-state index contributed by atoms with van der Waals surface area (Å²) in [7, 11) is 0. The second kappa shape index (κ2) is 49.5. The van der Waals surface area contributed by atoms with E-state index in [4.69, 9.17) is 14.2 Å². The second-order valence-corrected chi connectivity index (χ2v) is 15.7. The number of esters is 3. The summed E-state index contributed by atoms with van der Waals surface area (Å²) in [5, 5.41) is 0. The first kappa shape index (κ1) is 57.8. The zero-order chi connectivity index (χ0) is 45.1. The average molecular weight is 857 g/mol. The molecule has 0 aliphatic heterocycles. The van der Waals surface area contributed by atoms with Crippen molar-refractivity contribution in [2.24, 2.45) is 0 Å². The second-order valence-electron chi connectivity index (χ2n) is 15.7. The number of allylic oxidation sites excluding steroid dienone is 20. The Balaban J connectivity index is 4.58. The molecule has 0 heterocycles. The highest BCUT2D eigenvalue weighted by Gasteiger charge is 2.19. The quantitative estimate of drug-likeness (QED) is 0.0200. The topological polar surface area (TPSA) is 78.9 Å². The normalized spacial score (nSPS) is 13.1. The summed E-state index contributed by atoms with van der Waals surface area (Å²) < 4.78 is 16.7. The maximum absolute atomic E-state index is 12.8. The summed E-state index contributed by atoms with van der Waals surface area (Å²) in [5.41, 5.74) is 0. The first-order valence-corrected chi connectivity index (χ1v) is 24.6. The lowest BCUT2D eigenvalue weighted by Gasteiger charge is -2.18. The van der Waals surface area contributed by atoms with Gasteiger partial charge >= 0.3 is 17.9 Å². The molecule has 0 rings (SSSR count). The molecule has 0 saturated carbocycles. The van der Waals surface area contributed by atoms with Crippen molar-refractivity contribution in [2.75, 3.05) is 13.2 Å². The average Bonchev–Trinajstić information content (AvgIpc) is 3.27. The Morgan fingerprint density at radius 2 is 0.742 bits per heavy atom. The van der Waals surface area contributed by atoms with Gasteiger partial charge in [-0.15, -0.1) is 0 Å². The van der Waals surface area contributed by atoms with E-state index in [0.717, 1.165) is 83.5 Å². The molecular weight excluding hydrogens is 769 g/mol. The molecule has 0 aromatic heterocycles. The van der Waals surface area contributed by atoms with Gasteiger partial charge in [0.05, 0.1) is 0 Å². The molecule has 62 heavy (non-hydrogen) atoms. The third-order valence-electron chi connectivity index (χ3n) is 9.79. The van der Waals surface area contributed by atoms with Gasteiger partial charge in [-0.05, 0) is 96.3 Å². The fraction of sp³-hybridized carbons (Fsp3) is 0.589. The van der Waals surface area contributed by atoms with E-state index in [0.29, 0.717) is 19.3 Å². The lowest BCUT2D eigenvalue weighted by molar-refractivity contribution is -0.166. The van der Waals surface area contributed by atoms with Gasteiger partial charge in [0.1, 0.15) is 13.2 Å². The Labute approximate surface area is 380 Å². The largest absolute Gasteiger partial charge is 0.462 e. The third kappa shape index (κ3) is 46.9. The van der Waals surface area contributed by atoms with Gasteiger partial charge in [0, 0.05) is 19.3 Å². The molecule has 0 saturated heterocycles. The van der Waals surface area contributed by atoms with Gasteiger partial charge in [-0.1, -0.05) is 200 Å². The molecule has 1 atom stereocenters. The van der Waals surface area contributed by atoms with Gasteiger partial charge in [-0.3, -0.25) is 14.4 Å². The highest BCUT2D eigenvalue weighted by atomic mass is 16.6. The van der Waals surface area contributed by atoms with Gasteiger partial charge in [0.25, 0.3) is 0 Å². The van der Waals surface area contributed by atoms with Crippen LogP contribution in [0.3, 0.4) is 0 Å². The molecule has 0 aliphatic carbocycles. The van der Waals surface area contributed by atoms with Crippen molar-refractivity contribution in [3.05, 3.63) is 122 Å². The number of carbonyl (C=O) groups excluding carboxylic acids is 3.